The van der Waals surface area contributed by atoms with Crippen LogP contribution in [0, 0.1) is 5.92 Å². The van der Waals surface area contributed by atoms with Gasteiger partial charge in [-0.25, -0.2) is 0 Å². The molecule has 1 aliphatic heterocycles. The Hall–Kier alpha value is -1.35. The Labute approximate surface area is 160 Å². The van der Waals surface area contributed by atoms with Gasteiger partial charge in [-0.2, -0.15) is 0 Å². The summed E-state index contributed by atoms with van der Waals surface area (Å²) in [6, 6.07) is 11.3. The molecule has 1 saturated heterocycles. The summed E-state index contributed by atoms with van der Waals surface area (Å²) in [5.74, 6) is 1.18. The van der Waals surface area contributed by atoms with Crippen LogP contribution in [0.4, 0.5) is 0 Å². The molecule has 1 unspecified atom stereocenters. The van der Waals surface area contributed by atoms with E-state index in [4.69, 9.17) is 0 Å². The van der Waals surface area contributed by atoms with Gasteiger partial charge in [0.2, 0.25) is 5.91 Å². The molecule has 0 aromatic heterocycles. The van der Waals surface area contributed by atoms with Gasteiger partial charge in [0.1, 0.15) is 0 Å². The van der Waals surface area contributed by atoms with Crippen LogP contribution in [0.1, 0.15) is 70.3 Å². The Morgan fingerprint density at radius 2 is 1.96 bits per heavy atom. The molecule has 0 N–H and O–H groups in total. The molecule has 0 spiro atoms. The normalized spacial score (nSPS) is 21.8. The third-order valence-electron chi connectivity index (χ3n) is 5.93. The van der Waals surface area contributed by atoms with Crippen molar-refractivity contribution in [2.75, 3.05) is 27.2 Å². The molecule has 3 heteroatoms. The Kier molecular flexibility index (Phi) is 8.64. The lowest BCUT2D eigenvalue weighted by molar-refractivity contribution is -0.140. The standard InChI is InChI=1S/C23H38N2O/c1-5-7-13-22-18-21(20-11-9-8-10-12-20)15-17-25(22)23(26)19(6-2)14-16-24(3)4/h8-12,19,21-22H,5-7,13-18H2,1-4H3/t19?,21-,22+/m0/s1. The first-order valence-electron chi connectivity index (χ1n) is 10.6. The first-order valence-corrected chi connectivity index (χ1v) is 10.6. The summed E-state index contributed by atoms with van der Waals surface area (Å²) in [4.78, 5) is 17.7. The van der Waals surface area contributed by atoms with Crippen molar-refractivity contribution in [1.82, 2.24) is 9.80 Å². The molecule has 1 aromatic carbocycles. The topological polar surface area (TPSA) is 23.6 Å². The minimum Gasteiger partial charge on any atom is -0.339 e. The van der Waals surface area contributed by atoms with Gasteiger partial charge in [-0.15, -0.1) is 0 Å². The van der Waals surface area contributed by atoms with Crippen molar-refractivity contribution in [2.45, 2.75) is 70.8 Å². The summed E-state index contributed by atoms with van der Waals surface area (Å²) in [5.41, 5.74) is 1.45. The molecule has 3 atom stereocenters. The zero-order chi connectivity index (χ0) is 18.9. The van der Waals surface area contributed by atoms with Gasteiger partial charge in [-0.3, -0.25) is 4.79 Å². The number of likely N-dealkylation sites (tertiary alicyclic amines) is 1. The quantitative estimate of drug-likeness (QED) is 0.625. The van der Waals surface area contributed by atoms with Crippen LogP contribution in [0.25, 0.3) is 0 Å². The van der Waals surface area contributed by atoms with Gasteiger partial charge in [-0.05, 0) is 64.2 Å². The summed E-state index contributed by atoms with van der Waals surface area (Å²) in [6.45, 7) is 6.32. The number of benzene rings is 1. The van der Waals surface area contributed by atoms with Crippen LogP contribution in [0.2, 0.25) is 0 Å². The minimum absolute atomic E-state index is 0.176. The number of unbranched alkanes of at least 4 members (excludes halogenated alkanes) is 1. The summed E-state index contributed by atoms with van der Waals surface area (Å²) in [5, 5.41) is 0. The number of nitrogens with zero attached hydrogens (tertiary/aromatic N) is 2. The fraction of sp³-hybridized carbons (Fsp3) is 0.696. The first kappa shape index (κ1) is 21.0. The van der Waals surface area contributed by atoms with Crippen LogP contribution in [-0.2, 0) is 4.79 Å². The Morgan fingerprint density at radius 1 is 1.23 bits per heavy atom. The lowest BCUT2D eigenvalue weighted by Gasteiger charge is -2.41. The second-order valence-corrected chi connectivity index (χ2v) is 8.16. The van der Waals surface area contributed by atoms with Gasteiger partial charge in [0, 0.05) is 18.5 Å². The molecular formula is C23H38N2O. The van der Waals surface area contributed by atoms with E-state index < -0.39 is 0 Å². The second-order valence-electron chi connectivity index (χ2n) is 8.16. The number of rotatable bonds is 9. The predicted molar refractivity (Wildman–Crippen MR) is 110 cm³/mol. The maximum absolute atomic E-state index is 13.3. The molecule has 2 rings (SSSR count). The molecule has 1 fully saturated rings. The van der Waals surface area contributed by atoms with Crippen LogP contribution >= 0.6 is 0 Å². The van der Waals surface area contributed by atoms with E-state index in [-0.39, 0.29) is 5.92 Å². The molecule has 0 aliphatic carbocycles. The second kappa shape index (κ2) is 10.7. The molecule has 146 valence electrons. The van der Waals surface area contributed by atoms with Gasteiger partial charge in [0.25, 0.3) is 0 Å². The highest BCUT2D eigenvalue weighted by Gasteiger charge is 2.34. The first-order chi connectivity index (χ1) is 12.6. The van der Waals surface area contributed by atoms with E-state index in [1.807, 2.05) is 0 Å². The predicted octanol–water partition coefficient (Wildman–Crippen LogP) is 4.93. The van der Waals surface area contributed by atoms with Crippen molar-refractivity contribution in [1.29, 1.82) is 0 Å². The molecule has 0 saturated carbocycles. The summed E-state index contributed by atoms with van der Waals surface area (Å²) < 4.78 is 0. The molecule has 1 heterocycles. The monoisotopic (exact) mass is 358 g/mol. The zero-order valence-corrected chi connectivity index (χ0v) is 17.3. The van der Waals surface area contributed by atoms with E-state index in [9.17, 15) is 4.79 Å². The number of hydrogen-bond acceptors (Lipinski definition) is 2. The number of hydrogen-bond donors (Lipinski definition) is 0. The molecule has 0 bridgehead atoms. The van der Waals surface area contributed by atoms with Gasteiger partial charge >= 0.3 is 0 Å². The molecule has 3 nitrogen and oxygen atoms in total. The van der Waals surface area contributed by atoms with Crippen LogP contribution in [-0.4, -0.2) is 48.9 Å². The smallest absolute Gasteiger partial charge is 0.225 e. The van der Waals surface area contributed by atoms with Crippen molar-refractivity contribution < 1.29 is 4.79 Å². The van der Waals surface area contributed by atoms with Gasteiger partial charge in [0.05, 0.1) is 0 Å². The third kappa shape index (κ3) is 5.84. The summed E-state index contributed by atoms with van der Waals surface area (Å²) in [6.07, 6.45) is 7.71. The lowest BCUT2D eigenvalue weighted by Crippen LogP contribution is -2.48. The van der Waals surface area contributed by atoms with E-state index in [1.165, 1.54) is 18.4 Å². The average Bonchev–Trinajstić information content (AvgIpc) is 2.67. The van der Waals surface area contributed by atoms with Crippen molar-refractivity contribution in [2.24, 2.45) is 5.92 Å². The van der Waals surface area contributed by atoms with Gasteiger partial charge < -0.3 is 9.80 Å². The molecule has 1 amide bonds. The maximum Gasteiger partial charge on any atom is 0.225 e. The molecule has 1 aliphatic rings. The highest BCUT2D eigenvalue weighted by Crippen LogP contribution is 2.34. The Bertz CT molecular complexity index is 528. The van der Waals surface area contributed by atoms with Crippen LogP contribution < -0.4 is 0 Å². The van der Waals surface area contributed by atoms with Crippen molar-refractivity contribution in [3.05, 3.63) is 35.9 Å². The fourth-order valence-electron chi connectivity index (χ4n) is 4.23. The third-order valence-corrected chi connectivity index (χ3v) is 5.93. The van der Waals surface area contributed by atoms with E-state index in [2.05, 4.69) is 68.1 Å². The Balaban J connectivity index is 2.07. The zero-order valence-electron chi connectivity index (χ0n) is 17.3. The van der Waals surface area contributed by atoms with E-state index >= 15 is 0 Å². The van der Waals surface area contributed by atoms with Crippen molar-refractivity contribution >= 4 is 5.91 Å². The molecule has 26 heavy (non-hydrogen) atoms. The minimum atomic E-state index is 0.176. The molecule has 1 aromatic rings. The largest absolute Gasteiger partial charge is 0.339 e. The SMILES string of the molecule is CCCC[C@@H]1C[C@@H](c2ccccc2)CCN1C(=O)C(CC)CCN(C)C. The van der Waals surface area contributed by atoms with Gasteiger partial charge in [-0.1, -0.05) is 57.0 Å². The highest BCUT2D eigenvalue weighted by molar-refractivity contribution is 5.79. The van der Waals surface area contributed by atoms with Gasteiger partial charge in [0.15, 0.2) is 0 Å². The number of amides is 1. The molecular weight excluding hydrogens is 320 g/mol. The number of piperidine rings is 1. The summed E-state index contributed by atoms with van der Waals surface area (Å²) in [7, 11) is 4.18. The summed E-state index contributed by atoms with van der Waals surface area (Å²) >= 11 is 0. The Morgan fingerprint density at radius 3 is 2.58 bits per heavy atom. The van der Waals surface area contributed by atoms with Crippen LogP contribution in [0.3, 0.4) is 0 Å². The highest BCUT2D eigenvalue weighted by atomic mass is 16.2. The number of carbonyl (C=O) groups is 1. The van der Waals surface area contributed by atoms with Crippen molar-refractivity contribution in [3.63, 3.8) is 0 Å². The van der Waals surface area contributed by atoms with E-state index in [0.717, 1.165) is 45.2 Å². The van der Waals surface area contributed by atoms with Crippen LogP contribution in [0.5, 0.6) is 0 Å². The van der Waals surface area contributed by atoms with E-state index in [0.29, 0.717) is 17.9 Å². The van der Waals surface area contributed by atoms with Crippen LogP contribution in [0.15, 0.2) is 30.3 Å². The fourth-order valence-corrected chi connectivity index (χ4v) is 4.23. The maximum atomic E-state index is 13.3. The lowest BCUT2D eigenvalue weighted by atomic mass is 9.83. The van der Waals surface area contributed by atoms with Crippen molar-refractivity contribution in [3.8, 4) is 0 Å². The average molecular weight is 359 g/mol. The number of carbonyl (C=O) groups excluding carboxylic acids is 1. The molecule has 0 radical (unpaired) electrons. The van der Waals surface area contributed by atoms with E-state index in [1.54, 1.807) is 0 Å².